The number of carbonyl (C=O) groups excluding carboxylic acids is 1. The molecule has 7 heteroatoms. The first-order valence-corrected chi connectivity index (χ1v) is 10.1. The van der Waals surface area contributed by atoms with Gasteiger partial charge in [-0.1, -0.05) is 6.07 Å². The fourth-order valence-corrected chi connectivity index (χ4v) is 4.21. The standard InChI is InChI=1S/C20H26N2O4S/c1-4-26-20(23)14-8-10-22(11-9-14)12-15-13-27-19(21-15)16-6-5-7-17(24-2)18(16)25-3/h5-7,13-14H,4,8-12H2,1-3H3. The van der Waals surface area contributed by atoms with Crippen LogP contribution in [0, 0.1) is 5.92 Å². The van der Waals surface area contributed by atoms with Gasteiger partial charge in [-0.25, -0.2) is 4.98 Å². The Balaban J connectivity index is 1.64. The van der Waals surface area contributed by atoms with E-state index in [2.05, 4.69) is 10.3 Å². The minimum atomic E-state index is -0.0572. The van der Waals surface area contributed by atoms with Gasteiger partial charge in [-0.15, -0.1) is 11.3 Å². The summed E-state index contributed by atoms with van der Waals surface area (Å²) in [6.07, 6.45) is 1.69. The lowest BCUT2D eigenvalue weighted by atomic mass is 9.97. The molecular formula is C20H26N2O4S. The molecule has 0 N–H and O–H groups in total. The Bertz CT molecular complexity index is 769. The highest BCUT2D eigenvalue weighted by Crippen LogP contribution is 2.39. The Labute approximate surface area is 164 Å². The van der Waals surface area contributed by atoms with Crippen molar-refractivity contribution < 1.29 is 19.0 Å². The van der Waals surface area contributed by atoms with Crippen molar-refractivity contribution in [1.29, 1.82) is 0 Å². The molecule has 0 unspecified atom stereocenters. The normalized spacial score (nSPS) is 15.5. The van der Waals surface area contributed by atoms with E-state index in [-0.39, 0.29) is 11.9 Å². The Morgan fingerprint density at radius 1 is 1.26 bits per heavy atom. The van der Waals surface area contributed by atoms with Crippen molar-refractivity contribution in [3.05, 3.63) is 29.3 Å². The van der Waals surface area contributed by atoms with Crippen LogP contribution in [-0.2, 0) is 16.1 Å². The number of hydrogen-bond acceptors (Lipinski definition) is 7. The molecule has 2 heterocycles. The number of piperidine rings is 1. The van der Waals surface area contributed by atoms with Gasteiger partial charge in [-0.2, -0.15) is 0 Å². The number of esters is 1. The lowest BCUT2D eigenvalue weighted by molar-refractivity contribution is -0.149. The van der Waals surface area contributed by atoms with Gasteiger partial charge in [0, 0.05) is 11.9 Å². The van der Waals surface area contributed by atoms with E-state index in [1.165, 1.54) is 0 Å². The number of ether oxygens (including phenoxy) is 3. The number of para-hydroxylation sites is 1. The van der Waals surface area contributed by atoms with Crippen molar-refractivity contribution in [2.45, 2.75) is 26.3 Å². The molecule has 1 aromatic carbocycles. The number of benzene rings is 1. The fraction of sp³-hybridized carbons (Fsp3) is 0.500. The van der Waals surface area contributed by atoms with Crippen LogP contribution in [0.5, 0.6) is 11.5 Å². The van der Waals surface area contributed by atoms with Crippen molar-refractivity contribution in [1.82, 2.24) is 9.88 Å². The quantitative estimate of drug-likeness (QED) is 0.673. The number of likely N-dealkylation sites (tertiary alicyclic amines) is 1. The maximum atomic E-state index is 11.9. The smallest absolute Gasteiger partial charge is 0.309 e. The van der Waals surface area contributed by atoms with Crippen molar-refractivity contribution in [2.75, 3.05) is 33.9 Å². The van der Waals surface area contributed by atoms with Crippen LogP contribution in [0.4, 0.5) is 0 Å². The van der Waals surface area contributed by atoms with Gasteiger partial charge in [0.05, 0.1) is 38.0 Å². The third kappa shape index (κ3) is 4.59. The van der Waals surface area contributed by atoms with Crippen LogP contribution in [0.2, 0.25) is 0 Å². The van der Waals surface area contributed by atoms with E-state index in [1.807, 2.05) is 25.1 Å². The van der Waals surface area contributed by atoms with Gasteiger partial charge in [0.2, 0.25) is 0 Å². The topological polar surface area (TPSA) is 60.9 Å². The van der Waals surface area contributed by atoms with Crippen molar-refractivity contribution in [3.8, 4) is 22.1 Å². The number of aromatic nitrogens is 1. The highest BCUT2D eigenvalue weighted by Gasteiger charge is 2.26. The first kappa shape index (κ1) is 19.6. The largest absolute Gasteiger partial charge is 0.493 e. The van der Waals surface area contributed by atoms with E-state index in [0.717, 1.165) is 48.7 Å². The number of carbonyl (C=O) groups is 1. The summed E-state index contributed by atoms with van der Waals surface area (Å²) in [5.74, 6) is 1.38. The highest BCUT2D eigenvalue weighted by molar-refractivity contribution is 7.13. The lowest BCUT2D eigenvalue weighted by Gasteiger charge is -2.30. The number of thiazole rings is 1. The lowest BCUT2D eigenvalue weighted by Crippen LogP contribution is -2.36. The zero-order valence-corrected chi connectivity index (χ0v) is 16.9. The van der Waals surface area contributed by atoms with Crippen molar-refractivity contribution in [3.63, 3.8) is 0 Å². The monoisotopic (exact) mass is 390 g/mol. The van der Waals surface area contributed by atoms with Crippen LogP contribution in [0.1, 0.15) is 25.5 Å². The van der Waals surface area contributed by atoms with Gasteiger partial charge in [-0.05, 0) is 45.0 Å². The number of hydrogen-bond donors (Lipinski definition) is 0. The molecule has 1 aromatic heterocycles. The summed E-state index contributed by atoms with van der Waals surface area (Å²) < 4.78 is 16.0. The van der Waals surface area contributed by atoms with Crippen LogP contribution >= 0.6 is 11.3 Å². The second-order valence-electron chi connectivity index (χ2n) is 6.49. The highest BCUT2D eigenvalue weighted by atomic mass is 32.1. The molecule has 146 valence electrons. The molecule has 1 saturated heterocycles. The Morgan fingerprint density at radius 3 is 2.70 bits per heavy atom. The maximum Gasteiger partial charge on any atom is 0.309 e. The second-order valence-corrected chi connectivity index (χ2v) is 7.35. The van der Waals surface area contributed by atoms with E-state index >= 15 is 0 Å². The van der Waals surface area contributed by atoms with E-state index in [4.69, 9.17) is 19.2 Å². The average molecular weight is 391 g/mol. The summed E-state index contributed by atoms with van der Waals surface area (Å²) in [5, 5.41) is 3.01. The third-order valence-corrected chi connectivity index (χ3v) is 5.70. The molecular weight excluding hydrogens is 364 g/mol. The molecule has 0 saturated carbocycles. The molecule has 0 bridgehead atoms. The SMILES string of the molecule is CCOC(=O)C1CCN(Cc2csc(-c3cccc(OC)c3OC)n2)CC1. The molecule has 0 spiro atoms. The first-order valence-electron chi connectivity index (χ1n) is 9.21. The van der Waals surface area contributed by atoms with Crippen LogP contribution in [0.3, 0.4) is 0 Å². The average Bonchev–Trinajstić information content (AvgIpc) is 3.16. The molecule has 27 heavy (non-hydrogen) atoms. The van der Waals surface area contributed by atoms with Gasteiger partial charge in [0.15, 0.2) is 11.5 Å². The van der Waals surface area contributed by atoms with E-state index in [9.17, 15) is 4.79 Å². The molecule has 0 atom stereocenters. The predicted molar refractivity (Wildman–Crippen MR) is 105 cm³/mol. The minimum Gasteiger partial charge on any atom is -0.493 e. The molecule has 0 radical (unpaired) electrons. The summed E-state index contributed by atoms with van der Waals surface area (Å²) in [6, 6.07) is 5.82. The first-order chi connectivity index (χ1) is 13.2. The number of methoxy groups -OCH3 is 2. The van der Waals surface area contributed by atoms with E-state index in [1.54, 1.807) is 25.6 Å². The van der Waals surface area contributed by atoms with Crippen molar-refractivity contribution >= 4 is 17.3 Å². The summed E-state index contributed by atoms with van der Waals surface area (Å²) >= 11 is 1.60. The predicted octanol–water partition coefficient (Wildman–Crippen LogP) is 3.60. The molecule has 1 aliphatic rings. The Kier molecular flexibility index (Phi) is 6.68. The van der Waals surface area contributed by atoms with Gasteiger partial charge in [0.25, 0.3) is 0 Å². The molecule has 6 nitrogen and oxygen atoms in total. The van der Waals surface area contributed by atoms with Gasteiger partial charge in [0.1, 0.15) is 5.01 Å². The van der Waals surface area contributed by atoms with Crippen LogP contribution in [-0.4, -0.2) is 49.8 Å². The zero-order valence-electron chi connectivity index (χ0n) is 16.1. The van der Waals surface area contributed by atoms with Crippen LogP contribution < -0.4 is 9.47 Å². The molecule has 0 amide bonds. The second kappa shape index (κ2) is 9.19. The summed E-state index contributed by atoms with van der Waals surface area (Å²) in [4.78, 5) is 19.0. The molecule has 1 aliphatic heterocycles. The van der Waals surface area contributed by atoms with Gasteiger partial charge < -0.3 is 14.2 Å². The maximum absolute atomic E-state index is 11.9. The molecule has 2 aromatic rings. The fourth-order valence-electron chi connectivity index (χ4n) is 3.37. The molecule has 3 rings (SSSR count). The Morgan fingerprint density at radius 2 is 2.04 bits per heavy atom. The summed E-state index contributed by atoms with van der Waals surface area (Å²) in [6.45, 7) is 4.87. The zero-order chi connectivity index (χ0) is 19.2. The minimum absolute atomic E-state index is 0.0354. The van der Waals surface area contributed by atoms with Crippen LogP contribution in [0.15, 0.2) is 23.6 Å². The summed E-state index contributed by atoms with van der Waals surface area (Å²) in [5.41, 5.74) is 1.98. The summed E-state index contributed by atoms with van der Waals surface area (Å²) in [7, 11) is 3.28. The van der Waals surface area contributed by atoms with E-state index < -0.39 is 0 Å². The van der Waals surface area contributed by atoms with Gasteiger partial charge >= 0.3 is 5.97 Å². The molecule has 0 aliphatic carbocycles. The van der Waals surface area contributed by atoms with Gasteiger partial charge in [-0.3, -0.25) is 9.69 Å². The van der Waals surface area contributed by atoms with Crippen LogP contribution in [0.25, 0.3) is 10.6 Å². The van der Waals surface area contributed by atoms with Crippen molar-refractivity contribution in [2.24, 2.45) is 5.92 Å². The van der Waals surface area contributed by atoms with E-state index in [0.29, 0.717) is 18.1 Å². The number of rotatable bonds is 7. The molecule has 1 fully saturated rings. The third-order valence-electron chi connectivity index (χ3n) is 4.78. The Hall–Kier alpha value is -2.12. The number of nitrogens with zero attached hydrogens (tertiary/aromatic N) is 2.